The molecule has 1 fully saturated rings. The Balaban J connectivity index is 2.49. The summed E-state index contributed by atoms with van der Waals surface area (Å²) in [5.41, 5.74) is 0. The zero-order valence-electron chi connectivity index (χ0n) is 9.86. The van der Waals surface area contributed by atoms with Gasteiger partial charge in [-0.2, -0.15) is 0 Å². The number of Topliss-reactive ketones (excluding diaryl/α,β-unsaturated/α-hetero) is 1. The van der Waals surface area contributed by atoms with Crippen LogP contribution in [0.5, 0.6) is 0 Å². The minimum absolute atomic E-state index is 0.0383. The van der Waals surface area contributed by atoms with Gasteiger partial charge in [-0.3, -0.25) is 9.59 Å². The predicted octanol–water partition coefficient (Wildman–Crippen LogP) is 0.919. The van der Waals surface area contributed by atoms with Crippen molar-refractivity contribution in [1.82, 2.24) is 5.32 Å². The number of nitrogens with one attached hydrogen (secondary N) is 1. The van der Waals surface area contributed by atoms with Gasteiger partial charge < -0.3 is 10.1 Å². The number of rotatable bonds is 5. The molecule has 1 aliphatic rings. The highest BCUT2D eigenvalue weighted by molar-refractivity contribution is 5.87. The van der Waals surface area contributed by atoms with Crippen molar-refractivity contribution in [3.63, 3.8) is 0 Å². The standard InChI is InChI=1S/C12H19NO3/c1-4-12(15)13-10-7-16-6-9(10)5-11(14)8(2)3/h4,8-10H,1,5-7H2,2-3H3,(H,13,15). The minimum Gasteiger partial charge on any atom is -0.379 e. The van der Waals surface area contributed by atoms with Gasteiger partial charge >= 0.3 is 0 Å². The largest absolute Gasteiger partial charge is 0.379 e. The van der Waals surface area contributed by atoms with Crippen LogP contribution in [0.4, 0.5) is 0 Å². The number of hydrogen-bond acceptors (Lipinski definition) is 3. The summed E-state index contributed by atoms with van der Waals surface area (Å²) in [6.07, 6.45) is 1.71. The van der Waals surface area contributed by atoms with E-state index in [1.165, 1.54) is 6.08 Å². The lowest BCUT2D eigenvalue weighted by molar-refractivity contribution is -0.123. The number of carbonyl (C=O) groups excluding carboxylic acids is 2. The number of amides is 1. The predicted molar refractivity (Wildman–Crippen MR) is 60.9 cm³/mol. The molecule has 16 heavy (non-hydrogen) atoms. The normalized spacial score (nSPS) is 24.4. The Bertz CT molecular complexity index is 286. The molecular weight excluding hydrogens is 206 g/mol. The molecule has 2 atom stereocenters. The van der Waals surface area contributed by atoms with Gasteiger partial charge in [-0.25, -0.2) is 0 Å². The molecule has 4 nitrogen and oxygen atoms in total. The lowest BCUT2D eigenvalue weighted by Crippen LogP contribution is -2.40. The molecule has 0 aliphatic carbocycles. The molecule has 0 aromatic carbocycles. The highest BCUT2D eigenvalue weighted by Gasteiger charge is 2.31. The van der Waals surface area contributed by atoms with Crippen molar-refractivity contribution in [2.24, 2.45) is 11.8 Å². The fourth-order valence-corrected chi connectivity index (χ4v) is 1.70. The number of ether oxygens (including phenoxy) is 1. The number of carbonyl (C=O) groups is 2. The molecule has 1 rings (SSSR count). The lowest BCUT2D eigenvalue weighted by Gasteiger charge is -2.18. The Morgan fingerprint density at radius 1 is 1.50 bits per heavy atom. The quantitative estimate of drug-likeness (QED) is 0.708. The van der Waals surface area contributed by atoms with Crippen molar-refractivity contribution in [3.8, 4) is 0 Å². The van der Waals surface area contributed by atoms with E-state index in [1.54, 1.807) is 0 Å². The maximum absolute atomic E-state index is 11.6. The minimum atomic E-state index is -0.211. The number of ketones is 1. The Labute approximate surface area is 96.0 Å². The average Bonchev–Trinajstić information content (AvgIpc) is 2.65. The third kappa shape index (κ3) is 3.45. The first kappa shape index (κ1) is 12.9. The summed E-state index contributed by atoms with van der Waals surface area (Å²) >= 11 is 0. The van der Waals surface area contributed by atoms with Crippen LogP contribution in [0.25, 0.3) is 0 Å². The van der Waals surface area contributed by atoms with E-state index >= 15 is 0 Å². The molecule has 0 radical (unpaired) electrons. The molecule has 2 unspecified atom stereocenters. The van der Waals surface area contributed by atoms with Gasteiger partial charge in [0.15, 0.2) is 0 Å². The summed E-state index contributed by atoms with van der Waals surface area (Å²) in [4.78, 5) is 22.8. The lowest BCUT2D eigenvalue weighted by atomic mass is 9.93. The van der Waals surface area contributed by atoms with Gasteiger partial charge in [0.05, 0.1) is 19.3 Å². The van der Waals surface area contributed by atoms with Gasteiger partial charge in [0.2, 0.25) is 5.91 Å². The van der Waals surface area contributed by atoms with Crippen LogP contribution in [0.1, 0.15) is 20.3 Å². The van der Waals surface area contributed by atoms with Crippen LogP contribution in [0.15, 0.2) is 12.7 Å². The molecule has 0 bridgehead atoms. The third-order valence-electron chi connectivity index (χ3n) is 2.82. The van der Waals surface area contributed by atoms with E-state index in [-0.39, 0.29) is 29.6 Å². The molecule has 1 amide bonds. The molecule has 90 valence electrons. The zero-order chi connectivity index (χ0) is 12.1. The van der Waals surface area contributed by atoms with Gasteiger partial charge in [-0.05, 0) is 6.08 Å². The van der Waals surface area contributed by atoms with E-state index in [9.17, 15) is 9.59 Å². The van der Waals surface area contributed by atoms with Gasteiger partial charge in [0.25, 0.3) is 0 Å². The smallest absolute Gasteiger partial charge is 0.243 e. The van der Waals surface area contributed by atoms with E-state index in [4.69, 9.17) is 4.74 Å². The first-order chi connectivity index (χ1) is 7.54. The second-order valence-electron chi connectivity index (χ2n) is 4.44. The fourth-order valence-electron chi connectivity index (χ4n) is 1.70. The fraction of sp³-hybridized carbons (Fsp3) is 0.667. The van der Waals surface area contributed by atoms with Crippen molar-refractivity contribution in [3.05, 3.63) is 12.7 Å². The first-order valence-electron chi connectivity index (χ1n) is 5.58. The summed E-state index contributed by atoms with van der Waals surface area (Å²) in [6, 6.07) is -0.0619. The maximum atomic E-state index is 11.6. The molecule has 0 saturated carbocycles. The van der Waals surface area contributed by atoms with Gasteiger partial charge in [-0.1, -0.05) is 20.4 Å². The Morgan fingerprint density at radius 2 is 2.19 bits per heavy atom. The molecule has 1 saturated heterocycles. The van der Waals surface area contributed by atoms with Crippen molar-refractivity contribution in [1.29, 1.82) is 0 Å². The van der Waals surface area contributed by atoms with E-state index < -0.39 is 0 Å². The number of hydrogen-bond donors (Lipinski definition) is 1. The van der Waals surface area contributed by atoms with Crippen LogP contribution >= 0.6 is 0 Å². The second-order valence-corrected chi connectivity index (χ2v) is 4.44. The Kier molecular flexibility index (Phi) is 4.68. The Morgan fingerprint density at radius 3 is 2.75 bits per heavy atom. The van der Waals surface area contributed by atoms with Crippen LogP contribution in [-0.2, 0) is 14.3 Å². The highest BCUT2D eigenvalue weighted by atomic mass is 16.5. The van der Waals surface area contributed by atoms with Crippen LogP contribution in [0.3, 0.4) is 0 Å². The average molecular weight is 225 g/mol. The third-order valence-corrected chi connectivity index (χ3v) is 2.82. The van der Waals surface area contributed by atoms with Crippen molar-refractivity contribution < 1.29 is 14.3 Å². The SMILES string of the molecule is C=CC(=O)NC1COCC1CC(=O)C(C)C. The summed E-state index contributed by atoms with van der Waals surface area (Å²) in [7, 11) is 0. The summed E-state index contributed by atoms with van der Waals surface area (Å²) in [5, 5.41) is 2.79. The first-order valence-corrected chi connectivity index (χ1v) is 5.58. The zero-order valence-corrected chi connectivity index (χ0v) is 9.86. The van der Waals surface area contributed by atoms with Crippen LogP contribution < -0.4 is 5.32 Å². The molecule has 4 heteroatoms. The van der Waals surface area contributed by atoms with E-state index in [0.717, 1.165) is 0 Å². The van der Waals surface area contributed by atoms with Gasteiger partial charge in [0, 0.05) is 18.3 Å². The summed E-state index contributed by atoms with van der Waals surface area (Å²) in [6.45, 7) is 8.19. The molecule has 0 spiro atoms. The molecule has 1 aliphatic heterocycles. The topological polar surface area (TPSA) is 55.4 Å². The van der Waals surface area contributed by atoms with E-state index in [2.05, 4.69) is 11.9 Å². The maximum Gasteiger partial charge on any atom is 0.243 e. The van der Waals surface area contributed by atoms with E-state index in [1.807, 2.05) is 13.8 Å². The molecule has 0 aromatic heterocycles. The van der Waals surface area contributed by atoms with Crippen molar-refractivity contribution >= 4 is 11.7 Å². The van der Waals surface area contributed by atoms with Crippen LogP contribution in [0, 0.1) is 11.8 Å². The van der Waals surface area contributed by atoms with Crippen molar-refractivity contribution in [2.75, 3.05) is 13.2 Å². The van der Waals surface area contributed by atoms with Crippen LogP contribution in [0.2, 0.25) is 0 Å². The molecule has 1 N–H and O–H groups in total. The molecule has 1 heterocycles. The molecular formula is C12H19NO3. The van der Waals surface area contributed by atoms with E-state index in [0.29, 0.717) is 19.6 Å². The highest BCUT2D eigenvalue weighted by Crippen LogP contribution is 2.19. The van der Waals surface area contributed by atoms with Crippen molar-refractivity contribution in [2.45, 2.75) is 26.3 Å². The second kappa shape index (κ2) is 5.80. The van der Waals surface area contributed by atoms with Gasteiger partial charge in [-0.15, -0.1) is 0 Å². The molecule has 0 aromatic rings. The van der Waals surface area contributed by atoms with Crippen LogP contribution in [-0.4, -0.2) is 30.9 Å². The monoisotopic (exact) mass is 225 g/mol. The van der Waals surface area contributed by atoms with Gasteiger partial charge in [0.1, 0.15) is 5.78 Å². The summed E-state index contributed by atoms with van der Waals surface area (Å²) < 4.78 is 5.29. The summed E-state index contributed by atoms with van der Waals surface area (Å²) in [5.74, 6) is 0.140. The Hall–Kier alpha value is -1.16.